The quantitative estimate of drug-likeness (QED) is 0.463. The molecule has 0 radical (unpaired) electrons. The Morgan fingerprint density at radius 1 is 1.28 bits per heavy atom. The normalized spacial score (nSPS) is 9.22. The first-order chi connectivity index (χ1) is 8.65. The highest BCUT2D eigenvalue weighted by Gasteiger charge is 2.01. The fourth-order valence-electron chi connectivity index (χ4n) is 1.12. The Bertz CT molecular complexity index is 408. The number of hydrazine groups is 1. The van der Waals surface area contributed by atoms with E-state index < -0.39 is 0 Å². The second-order valence-corrected chi connectivity index (χ2v) is 3.74. The van der Waals surface area contributed by atoms with Crippen LogP contribution in [0.5, 0.6) is 5.75 Å². The summed E-state index contributed by atoms with van der Waals surface area (Å²) < 4.78 is 5.03. The lowest BCUT2D eigenvalue weighted by Crippen LogP contribution is -2.47. The van der Waals surface area contributed by atoms with Crippen molar-refractivity contribution in [2.24, 2.45) is 0 Å². The van der Waals surface area contributed by atoms with Gasteiger partial charge in [0.15, 0.2) is 5.11 Å². The van der Waals surface area contributed by atoms with Crippen LogP contribution in [0.25, 0.3) is 0 Å². The van der Waals surface area contributed by atoms with Crippen LogP contribution >= 0.6 is 12.2 Å². The van der Waals surface area contributed by atoms with Gasteiger partial charge in [-0.15, -0.1) is 0 Å². The molecule has 0 aliphatic rings. The molecule has 0 aliphatic heterocycles. The molecule has 0 unspecified atom stereocenters. The average Bonchev–Trinajstić information content (AvgIpc) is 2.42. The lowest BCUT2D eigenvalue weighted by Gasteiger charge is -2.10. The number of hydrogen-bond donors (Lipinski definition) is 4. The molecule has 0 saturated carbocycles. The van der Waals surface area contributed by atoms with E-state index in [0.29, 0.717) is 5.11 Å². The molecule has 1 aromatic carbocycles. The minimum Gasteiger partial charge on any atom is -0.497 e. The number of anilines is 1. The molecule has 0 atom stereocenters. The van der Waals surface area contributed by atoms with Crippen molar-refractivity contribution >= 4 is 28.9 Å². The van der Waals surface area contributed by atoms with Crippen LogP contribution in [0.1, 0.15) is 0 Å². The van der Waals surface area contributed by atoms with Gasteiger partial charge in [0.2, 0.25) is 0 Å². The van der Waals surface area contributed by atoms with Crippen LogP contribution in [-0.4, -0.2) is 31.7 Å². The molecule has 1 amide bonds. The van der Waals surface area contributed by atoms with Gasteiger partial charge in [0, 0.05) is 12.7 Å². The summed E-state index contributed by atoms with van der Waals surface area (Å²) >= 11 is 4.81. The predicted molar refractivity (Wildman–Crippen MR) is 74.4 cm³/mol. The number of thiocarbonyl (C=S) groups is 1. The molecule has 0 aromatic heterocycles. The summed E-state index contributed by atoms with van der Waals surface area (Å²) in [5.74, 6) is 0.550. The SMILES string of the molecule is CNC(=S)NNC(=O)CNc1ccc(OC)cc1. The zero-order valence-corrected chi connectivity index (χ0v) is 11.1. The number of rotatable bonds is 4. The van der Waals surface area contributed by atoms with E-state index in [0.717, 1.165) is 11.4 Å². The molecule has 0 spiro atoms. The Balaban J connectivity index is 2.31. The van der Waals surface area contributed by atoms with Gasteiger partial charge in [0.05, 0.1) is 13.7 Å². The first-order valence-electron chi connectivity index (χ1n) is 5.30. The van der Waals surface area contributed by atoms with E-state index in [9.17, 15) is 4.79 Å². The van der Waals surface area contributed by atoms with E-state index in [2.05, 4.69) is 21.5 Å². The van der Waals surface area contributed by atoms with E-state index >= 15 is 0 Å². The van der Waals surface area contributed by atoms with Crippen molar-refractivity contribution in [2.45, 2.75) is 0 Å². The third-order valence-electron chi connectivity index (χ3n) is 2.09. The number of amides is 1. The van der Waals surface area contributed by atoms with Gasteiger partial charge in [-0.25, -0.2) is 0 Å². The second-order valence-electron chi connectivity index (χ2n) is 3.33. The summed E-state index contributed by atoms with van der Waals surface area (Å²) in [6, 6.07) is 7.29. The molecule has 0 heterocycles. The monoisotopic (exact) mass is 268 g/mol. The summed E-state index contributed by atoms with van der Waals surface area (Å²) in [5, 5.41) is 6.00. The maximum Gasteiger partial charge on any atom is 0.257 e. The highest BCUT2D eigenvalue weighted by molar-refractivity contribution is 7.80. The van der Waals surface area contributed by atoms with Gasteiger partial charge in [-0.05, 0) is 36.5 Å². The van der Waals surface area contributed by atoms with Gasteiger partial charge in [-0.1, -0.05) is 0 Å². The van der Waals surface area contributed by atoms with E-state index in [1.54, 1.807) is 14.2 Å². The first-order valence-corrected chi connectivity index (χ1v) is 5.71. The number of hydrogen-bond acceptors (Lipinski definition) is 4. The lowest BCUT2D eigenvalue weighted by molar-refractivity contribution is -0.119. The van der Waals surface area contributed by atoms with Crippen LogP contribution in [0.4, 0.5) is 5.69 Å². The van der Waals surface area contributed by atoms with Crippen LogP contribution in [0, 0.1) is 0 Å². The van der Waals surface area contributed by atoms with Crippen molar-refractivity contribution in [3.8, 4) is 5.75 Å². The van der Waals surface area contributed by atoms with Crippen LogP contribution < -0.4 is 26.2 Å². The number of benzene rings is 1. The minimum absolute atomic E-state index is 0.145. The van der Waals surface area contributed by atoms with Crippen molar-refractivity contribution in [2.75, 3.05) is 26.0 Å². The summed E-state index contributed by atoms with van der Waals surface area (Å²) in [6.07, 6.45) is 0. The van der Waals surface area contributed by atoms with E-state index in [4.69, 9.17) is 17.0 Å². The molecule has 18 heavy (non-hydrogen) atoms. The predicted octanol–water partition coefficient (Wildman–Crippen LogP) is 0.232. The maximum atomic E-state index is 11.4. The van der Waals surface area contributed by atoms with Crippen molar-refractivity contribution in [3.63, 3.8) is 0 Å². The molecule has 7 heteroatoms. The van der Waals surface area contributed by atoms with Gasteiger partial charge >= 0.3 is 0 Å². The molecule has 0 fully saturated rings. The van der Waals surface area contributed by atoms with E-state index in [-0.39, 0.29) is 12.5 Å². The Kier molecular flexibility index (Phi) is 5.72. The highest BCUT2D eigenvalue weighted by atomic mass is 32.1. The number of ether oxygens (including phenoxy) is 1. The Labute approximate surface area is 111 Å². The van der Waals surface area contributed by atoms with Gasteiger partial charge in [-0.3, -0.25) is 15.6 Å². The number of nitrogens with one attached hydrogen (secondary N) is 4. The van der Waals surface area contributed by atoms with Crippen LogP contribution in [0.2, 0.25) is 0 Å². The summed E-state index contributed by atoms with van der Waals surface area (Å²) in [5.41, 5.74) is 5.83. The minimum atomic E-state index is -0.219. The fourth-order valence-corrected chi connectivity index (χ4v) is 1.18. The molecule has 6 nitrogen and oxygen atoms in total. The van der Waals surface area contributed by atoms with Crippen molar-refractivity contribution in [1.82, 2.24) is 16.2 Å². The Hall–Kier alpha value is -2.02. The number of carbonyl (C=O) groups is 1. The third-order valence-corrected chi connectivity index (χ3v) is 2.39. The Morgan fingerprint density at radius 2 is 1.94 bits per heavy atom. The van der Waals surface area contributed by atoms with Crippen molar-refractivity contribution in [1.29, 1.82) is 0 Å². The average molecular weight is 268 g/mol. The summed E-state index contributed by atoms with van der Waals surface area (Å²) in [6.45, 7) is 0.145. The highest BCUT2D eigenvalue weighted by Crippen LogP contribution is 2.14. The standard InChI is InChI=1S/C11H16N4O2S/c1-12-11(18)15-14-10(16)7-13-8-3-5-9(17-2)6-4-8/h3-6,13H,7H2,1-2H3,(H,14,16)(H2,12,15,18). The van der Waals surface area contributed by atoms with E-state index in [1.807, 2.05) is 24.3 Å². The first kappa shape index (κ1) is 14.0. The summed E-state index contributed by atoms with van der Waals surface area (Å²) in [7, 11) is 3.27. The molecule has 1 rings (SSSR count). The smallest absolute Gasteiger partial charge is 0.257 e. The summed E-state index contributed by atoms with van der Waals surface area (Å²) in [4.78, 5) is 11.4. The zero-order chi connectivity index (χ0) is 13.4. The zero-order valence-electron chi connectivity index (χ0n) is 10.2. The molecule has 0 bridgehead atoms. The number of methoxy groups -OCH3 is 1. The second kappa shape index (κ2) is 7.33. The molecule has 98 valence electrons. The lowest BCUT2D eigenvalue weighted by atomic mass is 10.3. The van der Waals surface area contributed by atoms with Gasteiger partial charge in [-0.2, -0.15) is 0 Å². The Morgan fingerprint density at radius 3 is 2.50 bits per heavy atom. The molecule has 1 aromatic rings. The van der Waals surface area contributed by atoms with Crippen LogP contribution in [-0.2, 0) is 4.79 Å². The molecular weight excluding hydrogens is 252 g/mol. The van der Waals surface area contributed by atoms with Gasteiger partial charge in [0.1, 0.15) is 5.75 Å². The molecule has 0 aliphatic carbocycles. The largest absolute Gasteiger partial charge is 0.497 e. The fraction of sp³-hybridized carbons (Fsp3) is 0.273. The third kappa shape index (κ3) is 4.88. The molecule has 0 saturated heterocycles. The number of carbonyl (C=O) groups excluding carboxylic acids is 1. The van der Waals surface area contributed by atoms with Crippen molar-refractivity contribution in [3.05, 3.63) is 24.3 Å². The van der Waals surface area contributed by atoms with Crippen LogP contribution in [0.3, 0.4) is 0 Å². The molecule has 4 N–H and O–H groups in total. The maximum absolute atomic E-state index is 11.4. The van der Waals surface area contributed by atoms with Crippen molar-refractivity contribution < 1.29 is 9.53 Å². The van der Waals surface area contributed by atoms with Gasteiger partial charge < -0.3 is 15.4 Å². The topological polar surface area (TPSA) is 74.4 Å². The van der Waals surface area contributed by atoms with Crippen LogP contribution in [0.15, 0.2) is 24.3 Å². The molecular formula is C11H16N4O2S. The van der Waals surface area contributed by atoms with E-state index in [1.165, 1.54) is 0 Å². The van der Waals surface area contributed by atoms with Gasteiger partial charge in [0.25, 0.3) is 5.91 Å².